The van der Waals surface area contributed by atoms with Gasteiger partial charge in [-0.2, -0.15) is 0 Å². The fraction of sp³-hybridized carbons (Fsp3) is 0.300. The van der Waals surface area contributed by atoms with E-state index in [0.717, 1.165) is 11.1 Å². The van der Waals surface area contributed by atoms with Gasteiger partial charge in [-0.3, -0.25) is 0 Å². The summed E-state index contributed by atoms with van der Waals surface area (Å²) < 4.78 is 0. The Labute approximate surface area is 63.6 Å². The highest BCUT2D eigenvalue weighted by Crippen LogP contribution is 2.46. The molecule has 53 valence electrons. The Morgan fingerprint density at radius 2 is 1.00 bits per heavy atom. The van der Waals surface area contributed by atoms with Gasteiger partial charge in [0.1, 0.15) is 0 Å². The first kappa shape index (κ1) is 7.59. The quantitative estimate of drug-likeness (QED) is 0.476. The van der Waals surface area contributed by atoms with Crippen LogP contribution in [0, 0.1) is 17.8 Å². The van der Waals surface area contributed by atoms with Crippen LogP contribution >= 0.6 is 0 Å². The third-order valence-corrected chi connectivity index (χ3v) is 2.39. The molecule has 0 heteroatoms. The predicted octanol–water partition coefficient (Wildman–Crippen LogP) is 2.90. The van der Waals surface area contributed by atoms with Gasteiger partial charge in [0.25, 0.3) is 0 Å². The Hall–Kier alpha value is -0.520. The molecule has 1 rings (SSSR count). The Morgan fingerprint density at radius 1 is 0.700 bits per heavy atom. The molecule has 1 aliphatic carbocycles. The number of hydrogen-bond acceptors (Lipinski definition) is 0. The Bertz CT molecular complexity index is 156. The van der Waals surface area contributed by atoms with Crippen molar-refractivity contribution in [1.82, 2.24) is 0 Å². The van der Waals surface area contributed by atoms with Crippen LogP contribution in [-0.4, -0.2) is 0 Å². The van der Waals surface area contributed by atoms with E-state index in [1.54, 1.807) is 0 Å². The first-order valence-corrected chi connectivity index (χ1v) is 3.46. The van der Waals surface area contributed by atoms with Crippen molar-refractivity contribution >= 4 is 0 Å². The average molecular weight is 133 g/mol. The number of allylic oxidation sites excluding steroid dienone is 2. The first-order valence-electron chi connectivity index (χ1n) is 3.46. The molecule has 0 heterocycles. The molecule has 0 aliphatic heterocycles. The fourth-order valence-corrected chi connectivity index (χ4v) is 1.19. The lowest BCUT2D eigenvalue weighted by atomic mass is 9.93. The maximum Gasteiger partial charge on any atom is 0.00897 e. The Morgan fingerprint density at radius 3 is 1.10 bits per heavy atom. The summed E-state index contributed by atoms with van der Waals surface area (Å²) in [5.74, 6) is 3.93. The molecule has 1 aliphatic rings. The van der Waals surface area contributed by atoms with Gasteiger partial charge in [-0.05, 0) is 17.1 Å². The molecule has 0 aromatic carbocycles. The van der Waals surface area contributed by atoms with Crippen LogP contribution in [0.4, 0.5) is 0 Å². The highest BCUT2D eigenvalue weighted by Gasteiger charge is 2.33. The summed E-state index contributed by atoms with van der Waals surface area (Å²) in [7, 11) is 0. The molecule has 1 saturated carbocycles. The highest BCUT2D eigenvalue weighted by molar-refractivity contribution is 5.65. The zero-order valence-corrected chi connectivity index (χ0v) is 6.91. The summed E-state index contributed by atoms with van der Waals surface area (Å²) in [6.07, 6.45) is 0. The molecule has 0 spiro atoms. The Kier molecular flexibility index (Phi) is 1.72. The standard InChI is InChI=1S/C10H13/c1-6-7(2)9(4)10(5)8(6)3/h1-2H2,3-5H3. The van der Waals surface area contributed by atoms with Crippen molar-refractivity contribution in [2.24, 2.45) is 0 Å². The molecule has 0 saturated heterocycles. The van der Waals surface area contributed by atoms with Gasteiger partial charge < -0.3 is 0 Å². The molecule has 1 fully saturated rings. The van der Waals surface area contributed by atoms with E-state index in [-0.39, 0.29) is 0 Å². The van der Waals surface area contributed by atoms with Crippen molar-refractivity contribution < 1.29 is 0 Å². The Balaban J connectivity index is 2.89. The monoisotopic (exact) mass is 133 g/mol. The molecular weight excluding hydrogens is 120 g/mol. The minimum absolute atomic E-state index is 1.11. The summed E-state index contributed by atoms with van der Waals surface area (Å²) in [6.45, 7) is 14.2. The van der Waals surface area contributed by atoms with E-state index in [1.807, 2.05) is 0 Å². The van der Waals surface area contributed by atoms with Gasteiger partial charge in [0, 0.05) is 11.8 Å². The van der Waals surface area contributed by atoms with Crippen LogP contribution < -0.4 is 0 Å². The number of rotatable bonds is 0. The van der Waals surface area contributed by atoms with Crippen LogP contribution in [0.1, 0.15) is 20.8 Å². The molecule has 0 unspecified atom stereocenters. The van der Waals surface area contributed by atoms with Crippen LogP contribution in [0.5, 0.6) is 0 Å². The molecular formula is C10H13. The lowest BCUT2D eigenvalue weighted by molar-refractivity contribution is 1.00. The van der Waals surface area contributed by atoms with E-state index in [9.17, 15) is 0 Å². The highest BCUT2D eigenvalue weighted by atomic mass is 14.4. The summed E-state index contributed by atoms with van der Waals surface area (Å²) in [5.41, 5.74) is 2.21. The zero-order chi connectivity index (χ0) is 7.89. The first-order chi connectivity index (χ1) is 4.55. The normalized spacial score (nSPS) is 24.7. The van der Waals surface area contributed by atoms with Crippen molar-refractivity contribution in [2.45, 2.75) is 20.8 Å². The third-order valence-electron chi connectivity index (χ3n) is 2.39. The van der Waals surface area contributed by atoms with Crippen molar-refractivity contribution in [3.8, 4) is 0 Å². The molecule has 10 heavy (non-hydrogen) atoms. The molecule has 0 nitrogen and oxygen atoms in total. The van der Waals surface area contributed by atoms with Gasteiger partial charge >= 0.3 is 0 Å². The van der Waals surface area contributed by atoms with Crippen molar-refractivity contribution in [3.05, 3.63) is 42.1 Å². The smallest absolute Gasteiger partial charge is 0.00897 e. The van der Waals surface area contributed by atoms with E-state index < -0.39 is 0 Å². The molecule has 3 radical (unpaired) electrons. The average Bonchev–Trinajstić information content (AvgIpc) is 2.07. The second kappa shape index (κ2) is 2.26. The van der Waals surface area contributed by atoms with Gasteiger partial charge in [-0.15, -0.1) is 0 Å². The van der Waals surface area contributed by atoms with E-state index in [2.05, 4.69) is 33.9 Å². The van der Waals surface area contributed by atoms with Gasteiger partial charge in [0.15, 0.2) is 0 Å². The third kappa shape index (κ3) is 0.828. The lowest BCUT2D eigenvalue weighted by Gasteiger charge is -2.09. The van der Waals surface area contributed by atoms with Crippen molar-refractivity contribution in [3.63, 3.8) is 0 Å². The van der Waals surface area contributed by atoms with Crippen LogP contribution in [0.2, 0.25) is 0 Å². The van der Waals surface area contributed by atoms with Gasteiger partial charge in [0.05, 0.1) is 0 Å². The maximum atomic E-state index is 3.94. The van der Waals surface area contributed by atoms with Crippen LogP contribution in [-0.2, 0) is 0 Å². The zero-order valence-electron chi connectivity index (χ0n) is 6.91. The SMILES string of the molecule is C=C1[C](C)[C](C)[C](C)C1=C. The topological polar surface area (TPSA) is 0 Å². The predicted molar refractivity (Wildman–Crippen MR) is 45.0 cm³/mol. The minimum atomic E-state index is 1.11. The van der Waals surface area contributed by atoms with E-state index >= 15 is 0 Å². The summed E-state index contributed by atoms with van der Waals surface area (Å²) >= 11 is 0. The summed E-state index contributed by atoms with van der Waals surface area (Å²) in [6, 6.07) is 0. The van der Waals surface area contributed by atoms with Crippen molar-refractivity contribution in [1.29, 1.82) is 0 Å². The fourth-order valence-electron chi connectivity index (χ4n) is 1.19. The van der Waals surface area contributed by atoms with Crippen LogP contribution in [0.15, 0.2) is 24.3 Å². The van der Waals surface area contributed by atoms with Crippen LogP contribution in [0.25, 0.3) is 0 Å². The minimum Gasteiger partial charge on any atom is -0.0949 e. The van der Waals surface area contributed by atoms with Crippen LogP contribution in [0.3, 0.4) is 0 Å². The largest absolute Gasteiger partial charge is 0.0949 e. The molecule has 0 aromatic rings. The molecule has 0 bridgehead atoms. The molecule has 0 atom stereocenters. The second-order valence-electron chi connectivity index (χ2n) is 2.83. The van der Waals surface area contributed by atoms with E-state index in [1.165, 1.54) is 17.8 Å². The number of hydrogen-bond donors (Lipinski definition) is 0. The summed E-state index contributed by atoms with van der Waals surface area (Å²) in [4.78, 5) is 0. The molecule has 0 N–H and O–H groups in total. The van der Waals surface area contributed by atoms with E-state index in [4.69, 9.17) is 0 Å². The van der Waals surface area contributed by atoms with Gasteiger partial charge in [-0.25, -0.2) is 0 Å². The molecule has 0 amide bonds. The molecule has 0 aromatic heterocycles. The van der Waals surface area contributed by atoms with E-state index in [0.29, 0.717) is 0 Å². The van der Waals surface area contributed by atoms with Gasteiger partial charge in [-0.1, -0.05) is 33.9 Å². The van der Waals surface area contributed by atoms with Gasteiger partial charge in [0.2, 0.25) is 0 Å². The second-order valence-corrected chi connectivity index (χ2v) is 2.83. The lowest BCUT2D eigenvalue weighted by Crippen LogP contribution is -1.98. The maximum absolute atomic E-state index is 3.94. The summed E-state index contributed by atoms with van der Waals surface area (Å²) in [5, 5.41) is 0. The van der Waals surface area contributed by atoms with Crippen molar-refractivity contribution in [2.75, 3.05) is 0 Å².